The summed E-state index contributed by atoms with van der Waals surface area (Å²) in [5.74, 6) is 0.162. The molecule has 0 heterocycles. The van der Waals surface area contributed by atoms with Gasteiger partial charge in [-0.2, -0.15) is 0 Å². The van der Waals surface area contributed by atoms with Crippen LogP contribution in [-0.4, -0.2) is 30.6 Å². The average molecular weight is 201 g/mol. The fourth-order valence-electron chi connectivity index (χ4n) is 0.909. The third kappa shape index (κ3) is 9.68. The van der Waals surface area contributed by atoms with Gasteiger partial charge in [0.25, 0.3) is 0 Å². The van der Waals surface area contributed by atoms with Crippen LogP contribution in [0.25, 0.3) is 0 Å². The van der Waals surface area contributed by atoms with E-state index in [2.05, 4.69) is 26.1 Å². The van der Waals surface area contributed by atoms with Gasteiger partial charge in [-0.25, -0.2) is 0 Å². The van der Waals surface area contributed by atoms with E-state index in [9.17, 15) is 4.79 Å². The van der Waals surface area contributed by atoms with Crippen LogP contribution in [0.5, 0.6) is 0 Å². The standard InChI is InChI=1S/C11H23NO2/c1-9(2)14-8-10(13)6-7-12-11(3,4)5/h9,12H,6-8H2,1-5H3. The highest BCUT2D eigenvalue weighted by molar-refractivity contribution is 5.79. The van der Waals surface area contributed by atoms with Crippen molar-refractivity contribution < 1.29 is 9.53 Å². The van der Waals surface area contributed by atoms with Crippen molar-refractivity contribution in [2.75, 3.05) is 13.2 Å². The molecule has 0 aliphatic rings. The lowest BCUT2D eigenvalue weighted by atomic mass is 10.1. The predicted molar refractivity (Wildman–Crippen MR) is 58.5 cm³/mol. The molecule has 3 nitrogen and oxygen atoms in total. The van der Waals surface area contributed by atoms with Crippen LogP contribution in [0.1, 0.15) is 41.0 Å². The number of ketones is 1. The number of hydrogen-bond acceptors (Lipinski definition) is 3. The smallest absolute Gasteiger partial charge is 0.159 e. The van der Waals surface area contributed by atoms with Crippen LogP contribution in [0.2, 0.25) is 0 Å². The summed E-state index contributed by atoms with van der Waals surface area (Å²) >= 11 is 0. The Kier molecular flexibility index (Phi) is 5.96. The van der Waals surface area contributed by atoms with Gasteiger partial charge < -0.3 is 10.1 Å². The number of hydrogen-bond donors (Lipinski definition) is 1. The minimum Gasteiger partial charge on any atom is -0.371 e. The van der Waals surface area contributed by atoms with Crippen LogP contribution in [0.15, 0.2) is 0 Å². The molecule has 0 unspecified atom stereocenters. The van der Waals surface area contributed by atoms with Crippen LogP contribution < -0.4 is 5.32 Å². The maximum absolute atomic E-state index is 11.3. The third-order valence-electron chi connectivity index (χ3n) is 1.64. The van der Waals surface area contributed by atoms with Crippen molar-refractivity contribution in [3.05, 3.63) is 0 Å². The molecule has 0 fully saturated rings. The molecule has 0 aromatic rings. The maximum Gasteiger partial charge on any atom is 0.159 e. The molecule has 0 atom stereocenters. The first-order valence-corrected chi connectivity index (χ1v) is 5.19. The van der Waals surface area contributed by atoms with Crippen molar-refractivity contribution >= 4 is 5.78 Å². The largest absolute Gasteiger partial charge is 0.371 e. The van der Waals surface area contributed by atoms with Gasteiger partial charge in [0.15, 0.2) is 5.78 Å². The van der Waals surface area contributed by atoms with E-state index in [1.807, 2.05) is 13.8 Å². The Morgan fingerprint density at radius 3 is 2.36 bits per heavy atom. The Hall–Kier alpha value is -0.410. The quantitative estimate of drug-likeness (QED) is 0.711. The normalized spacial score (nSPS) is 12.1. The first kappa shape index (κ1) is 13.6. The summed E-state index contributed by atoms with van der Waals surface area (Å²) in [7, 11) is 0. The maximum atomic E-state index is 11.3. The number of nitrogens with one attached hydrogen (secondary N) is 1. The van der Waals surface area contributed by atoms with Gasteiger partial charge in [0, 0.05) is 18.5 Å². The monoisotopic (exact) mass is 201 g/mol. The molecule has 0 spiro atoms. The fourth-order valence-corrected chi connectivity index (χ4v) is 0.909. The van der Waals surface area contributed by atoms with Gasteiger partial charge in [0.05, 0.1) is 6.10 Å². The second-order valence-electron chi connectivity index (χ2n) is 4.83. The molecule has 14 heavy (non-hydrogen) atoms. The van der Waals surface area contributed by atoms with Crippen molar-refractivity contribution in [1.29, 1.82) is 0 Å². The summed E-state index contributed by atoms with van der Waals surface area (Å²) in [5.41, 5.74) is 0.0825. The molecular formula is C11H23NO2. The number of carbonyl (C=O) groups excluding carboxylic acids is 1. The Morgan fingerprint density at radius 1 is 1.36 bits per heavy atom. The highest BCUT2D eigenvalue weighted by Crippen LogP contribution is 1.98. The SMILES string of the molecule is CC(C)OCC(=O)CCNC(C)(C)C. The zero-order valence-electron chi connectivity index (χ0n) is 10.0. The minimum atomic E-state index is 0.0825. The van der Waals surface area contributed by atoms with Gasteiger partial charge in [-0.1, -0.05) is 0 Å². The molecule has 0 amide bonds. The summed E-state index contributed by atoms with van der Waals surface area (Å²) in [6.45, 7) is 11.1. The van der Waals surface area contributed by atoms with Gasteiger partial charge in [-0.3, -0.25) is 4.79 Å². The van der Waals surface area contributed by atoms with Gasteiger partial charge in [0.1, 0.15) is 6.61 Å². The number of Topliss-reactive ketones (excluding diaryl/α,β-unsaturated/α-hetero) is 1. The zero-order chi connectivity index (χ0) is 11.2. The Bertz CT molecular complexity index is 171. The third-order valence-corrected chi connectivity index (χ3v) is 1.64. The second kappa shape index (κ2) is 6.14. The van der Waals surface area contributed by atoms with Crippen molar-refractivity contribution in [1.82, 2.24) is 5.32 Å². The van der Waals surface area contributed by atoms with E-state index in [4.69, 9.17) is 4.74 Å². The second-order valence-corrected chi connectivity index (χ2v) is 4.83. The lowest BCUT2D eigenvalue weighted by Crippen LogP contribution is -2.37. The van der Waals surface area contributed by atoms with E-state index < -0.39 is 0 Å². The van der Waals surface area contributed by atoms with Crippen LogP contribution in [0, 0.1) is 0 Å². The molecule has 0 aromatic carbocycles. The van der Waals surface area contributed by atoms with E-state index in [0.717, 1.165) is 6.54 Å². The minimum absolute atomic E-state index is 0.0825. The number of rotatable bonds is 6. The summed E-state index contributed by atoms with van der Waals surface area (Å²) in [4.78, 5) is 11.3. The van der Waals surface area contributed by atoms with E-state index in [1.54, 1.807) is 0 Å². The van der Waals surface area contributed by atoms with E-state index in [-0.39, 0.29) is 24.0 Å². The van der Waals surface area contributed by atoms with Crippen molar-refractivity contribution in [2.45, 2.75) is 52.7 Å². The van der Waals surface area contributed by atoms with Crippen LogP contribution >= 0.6 is 0 Å². The zero-order valence-corrected chi connectivity index (χ0v) is 10.0. The van der Waals surface area contributed by atoms with Crippen molar-refractivity contribution in [3.8, 4) is 0 Å². The van der Waals surface area contributed by atoms with E-state index in [1.165, 1.54) is 0 Å². The topological polar surface area (TPSA) is 38.3 Å². The molecule has 0 aromatic heterocycles. The summed E-state index contributed by atoms with van der Waals surface area (Å²) < 4.78 is 5.21. The van der Waals surface area contributed by atoms with E-state index in [0.29, 0.717) is 6.42 Å². The molecule has 84 valence electrons. The molecule has 3 heteroatoms. The summed E-state index contributed by atoms with van der Waals surface area (Å²) in [6, 6.07) is 0. The molecular weight excluding hydrogens is 178 g/mol. The van der Waals surface area contributed by atoms with Gasteiger partial charge >= 0.3 is 0 Å². The number of ether oxygens (including phenoxy) is 1. The molecule has 1 N–H and O–H groups in total. The van der Waals surface area contributed by atoms with Crippen LogP contribution in [0.4, 0.5) is 0 Å². The molecule has 0 bridgehead atoms. The molecule has 0 rings (SSSR count). The molecule has 0 saturated heterocycles. The highest BCUT2D eigenvalue weighted by Gasteiger charge is 2.09. The average Bonchev–Trinajstić information content (AvgIpc) is 1.98. The summed E-state index contributed by atoms with van der Waals surface area (Å²) in [6.07, 6.45) is 0.679. The van der Waals surface area contributed by atoms with E-state index >= 15 is 0 Å². The predicted octanol–water partition coefficient (Wildman–Crippen LogP) is 1.76. The van der Waals surface area contributed by atoms with Crippen molar-refractivity contribution in [2.24, 2.45) is 0 Å². The van der Waals surface area contributed by atoms with Crippen LogP contribution in [-0.2, 0) is 9.53 Å². The lowest BCUT2D eigenvalue weighted by molar-refractivity contribution is -0.124. The Morgan fingerprint density at radius 2 is 1.93 bits per heavy atom. The summed E-state index contributed by atoms with van der Waals surface area (Å²) in [5, 5.41) is 3.26. The Labute approximate surface area is 87.2 Å². The van der Waals surface area contributed by atoms with Crippen molar-refractivity contribution in [3.63, 3.8) is 0 Å². The van der Waals surface area contributed by atoms with Gasteiger partial charge in [-0.05, 0) is 34.6 Å². The molecule has 0 saturated carbocycles. The highest BCUT2D eigenvalue weighted by atomic mass is 16.5. The first-order chi connectivity index (χ1) is 6.31. The molecule has 0 aliphatic carbocycles. The number of carbonyl (C=O) groups is 1. The first-order valence-electron chi connectivity index (χ1n) is 5.19. The van der Waals surface area contributed by atoms with Crippen LogP contribution in [0.3, 0.4) is 0 Å². The van der Waals surface area contributed by atoms with Gasteiger partial charge in [0.2, 0.25) is 0 Å². The Balaban J connectivity index is 3.46. The van der Waals surface area contributed by atoms with Gasteiger partial charge in [-0.15, -0.1) is 0 Å². The fraction of sp³-hybridized carbons (Fsp3) is 0.909. The molecule has 0 aliphatic heterocycles. The molecule has 0 radical (unpaired) electrons. The lowest BCUT2D eigenvalue weighted by Gasteiger charge is -2.20.